The maximum atomic E-state index is 5.98. The molecule has 0 aliphatic heterocycles. The molecule has 0 saturated heterocycles. The lowest BCUT2D eigenvalue weighted by molar-refractivity contribution is 0.586. The van der Waals surface area contributed by atoms with E-state index in [9.17, 15) is 0 Å². The summed E-state index contributed by atoms with van der Waals surface area (Å²) in [5, 5.41) is 3.52. The molecule has 3 nitrogen and oxygen atoms in total. The number of rotatable bonds is 1. The van der Waals surface area contributed by atoms with Crippen molar-refractivity contribution < 1.29 is 0 Å². The van der Waals surface area contributed by atoms with Crippen molar-refractivity contribution in [3.05, 3.63) is 25.3 Å². The average Bonchev–Trinajstić information content (AvgIpc) is 2.70. The molecule has 0 aromatic carbocycles. The van der Waals surface area contributed by atoms with Crippen LogP contribution in [0.3, 0.4) is 0 Å². The van der Waals surface area contributed by atoms with Gasteiger partial charge in [-0.3, -0.25) is 0 Å². The second kappa shape index (κ2) is 4.78. The van der Waals surface area contributed by atoms with Gasteiger partial charge in [0.1, 0.15) is 10.8 Å². The summed E-state index contributed by atoms with van der Waals surface area (Å²) in [6.07, 6.45) is 1.71. The summed E-state index contributed by atoms with van der Waals surface area (Å²) in [6.45, 7) is 6.41. The predicted molar refractivity (Wildman–Crippen MR) is 79.6 cm³/mol. The van der Waals surface area contributed by atoms with E-state index in [1.165, 1.54) is 0 Å². The lowest BCUT2D eigenvalue weighted by Gasteiger charge is -2.13. The van der Waals surface area contributed by atoms with Crippen LogP contribution >= 0.6 is 45.5 Å². The quantitative estimate of drug-likeness (QED) is 0.552. The van der Waals surface area contributed by atoms with Crippen molar-refractivity contribution in [2.45, 2.75) is 26.2 Å². The van der Waals surface area contributed by atoms with Gasteiger partial charge in [-0.15, -0.1) is 11.3 Å². The highest BCUT2D eigenvalue weighted by molar-refractivity contribution is 14.1. The van der Waals surface area contributed by atoms with Gasteiger partial charge in [-0.25, -0.2) is 15.0 Å². The molecule has 2 rings (SSSR count). The first-order valence-corrected chi connectivity index (χ1v) is 7.36. The lowest BCUT2D eigenvalue weighted by Crippen LogP contribution is -2.10. The molecule has 0 amide bonds. The second-order valence-electron chi connectivity index (χ2n) is 4.62. The van der Waals surface area contributed by atoms with Gasteiger partial charge >= 0.3 is 0 Å². The van der Waals surface area contributed by atoms with Crippen molar-refractivity contribution in [2.75, 3.05) is 0 Å². The van der Waals surface area contributed by atoms with Crippen molar-refractivity contribution in [3.63, 3.8) is 0 Å². The van der Waals surface area contributed by atoms with Crippen LogP contribution in [0.2, 0.25) is 5.15 Å². The zero-order valence-electron chi connectivity index (χ0n) is 9.66. The normalized spacial score (nSPS) is 11.8. The molecule has 0 bridgehead atoms. The summed E-state index contributed by atoms with van der Waals surface area (Å²) in [4.78, 5) is 13.0. The second-order valence-corrected chi connectivity index (χ2v) is 7.00. The number of halogens is 2. The number of nitrogens with zero attached hydrogens (tertiary/aromatic N) is 3. The first-order chi connectivity index (χ1) is 7.88. The third-order valence-electron chi connectivity index (χ3n) is 2.08. The van der Waals surface area contributed by atoms with Gasteiger partial charge in [-0.2, -0.15) is 0 Å². The molecule has 0 spiro atoms. The van der Waals surface area contributed by atoms with Gasteiger partial charge in [-0.05, 0) is 22.6 Å². The van der Waals surface area contributed by atoms with Crippen LogP contribution in [0.4, 0.5) is 0 Å². The van der Waals surface area contributed by atoms with Crippen molar-refractivity contribution in [1.29, 1.82) is 0 Å². The number of aromatic nitrogens is 3. The van der Waals surface area contributed by atoms with E-state index < -0.39 is 0 Å². The molecule has 0 aliphatic rings. The van der Waals surface area contributed by atoms with Gasteiger partial charge in [0.15, 0.2) is 5.82 Å². The van der Waals surface area contributed by atoms with E-state index in [4.69, 9.17) is 11.6 Å². The van der Waals surface area contributed by atoms with E-state index in [0.717, 1.165) is 14.3 Å². The zero-order chi connectivity index (χ0) is 12.6. The maximum Gasteiger partial charge on any atom is 0.180 e. The van der Waals surface area contributed by atoms with Crippen molar-refractivity contribution >= 4 is 45.5 Å². The van der Waals surface area contributed by atoms with E-state index in [2.05, 4.69) is 58.3 Å². The molecule has 2 aromatic heterocycles. The Morgan fingerprint density at radius 1 is 1.29 bits per heavy atom. The minimum absolute atomic E-state index is 0.0515. The Labute approximate surface area is 123 Å². The van der Waals surface area contributed by atoms with Crippen LogP contribution in [0.1, 0.15) is 25.8 Å². The van der Waals surface area contributed by atoms with Crippen LogP contribution in [-0.4, -0.2) is 15.0 Å². The van der Waals surface area contributed by atoms with E-state index >= 15 is 0 Å². The number of thiazole rings is 1. The summed E-state index contributed by atoms with van der Waals surface area (Å²) in [6, 6.07) is 0. The summed E-state index contributed by atoms with van der Waals surface area (Å²) >= 11 is 9.71. The van der Waals surface area contributed by atoms with Crippen molar-refractivity contribution in [3.8, 4) is 11.5 Å². The predicted octanol–water partition coefficient (Wildman–Crippen LogP) is 4.16. The third kappa shape index (κ3) is 2.95. The molecule has 0 radical (unpaired) electrons. The summed E-state index contributed by atoms with van der Waals surface area (Å²) in [5.41, 5.74) is 0.842. The van der Waals surface area contributed by atoms with Crippen LogP contribution < -0.4 is 0 Å². The molecule has 0 atom stereocenters. The third-order valence-corrected chi connectivity index (χ3v) is 4.74. The fourth-order valence-electron chi connectivity index (χ4n) is 1.19. The van der Waals surface area contributed by atoms with E-state index in [0.29, 0.717) is 11.0 Å². The average molecular weight is 380 g/mol. The van der Waals surface area contributed by atoms with E-state index in [1.807, 2.05) is 5.38 Å². The lowest BCUT2D eigenvalue weighted by atomic mass is 9.98. The van der Waals surface area contributed by atoms with Crippen LogP contribution in [0.15, 0.2) is 11.6 Å². The zero-order valence-corrected chi connectivity index (χ0v) is 13.4. The summed E-state index contributed by atoms with van der Waals surface area (Å²) in [7, 11) is 0. The minimum Gasteiger partial charge on any atom is -0.237 e. The molecular weight excluding hydrogens is 369 g/mol. The van der Waals surface area contributed by atoms with Crippen molar-refractivity contribution in [2.24, 2.45) is 0 Å². The first kappa shape index (κ1) is 13.2. The Kier molecular flexibility index (Phi) is 3.70. The highest BCUT2D eigenvalue weighted by Crippen LogP contribution is 2.29. The molecule has 0 saturated carbocycles. The molecular formula is C11H11ClIN3S. The van der Waals surface area contributed by atoms with Gasteiger partial charge < -0.3 is 0 Å². The molecule has 0 fully saturated rings. The van der Waals surface area contributed by atoms with Gasteiger partial charge in [-0.1, -0.05) is 32.4 Å². The molecule has 90 valence electrons. The molecule has 6 heteroatoms. The van der Waals surface area contributed by atoms with Crippen LogP contribution in [0.25, 0.3) is 11.5 Å². The number of hydrogen-bond acceptors (Lipinski definition) is 4. The van der Waals surface area contributed by atoms with Crippen LogP contribution in [0.5, 0.6) is 0 Å². The molecule has 2 aromatic rings. The minimum atomic E-state index is 0.0515. The molecule has 0 N–H and O–H groups in total. The SMILES string of the molecule is CC(C)(C)c1nc(-c2ncc(I)c(Cl)n2)cs1. The van der Waals surface area contributed by atoms with E-state index in [1.54, 1.807) is 17.5 Å². The monoisotopic (exact) mass is 379 g/mol. The summed E-state index contributed by atoms with van der Waals surface area (Å²) in [5.74, 6) is 0.585. The topological polar surface area (TPSA) is 38.7 Å². The fourth-order valence-corrected chi connectivity index (χ4v) is 2.47. The molecule has 17 heavy (non-hydrogen) atoms. The van der Waals surface area contributed by atoms with Gasteiger partial charge in [0.2, 0.25) is 0 Å². The van der Waals surface area contributed by atoms with Gasteiger partial charge in [0, 0.05) is 17.0 Å². The van der Waals surface area contributed by atoms with Gasteiger partial charge in [0.25, 0.3) is 0 Å². The fraction of sp³-hybridized carbons (Fsp3) is 0.364. The van der Waals surface area contributed by atoms with Gasteiger partial charge in [0.05, 0.1) is 8.58 Å². The Hall–Kier alpha value is -0.270. The highest BCUT2D eigenvalue weighted by Gasteiger charge is 2.19. The van der Waals surface area contributed by atoms with Crippen LogP contribution in [0, 0.1) is 3.57 Å². The summed E-state index contributed by atoms with van der Waals surface area (Å²) < 4.78 is 0.847. The maximum absolute atomic E-state index is 5.98. The first-order valence-electron chi connectivity index (χ1n) is 5.02. The Balaban J connectivity index is 2.40. The van der Waals surface area contributed by atoms with Crippen LogP contribution in [-0.2, 0) is 5.41 Å². The Morgan fingerprint density at radius 3 is 2.53 bits per heavy atom. The molecule has 0 unspecified atom stereocenters. The molecule has 0 aliphatic carbocycles. The number of hydrogen-bond donors (Lipinski definition) is 0. The highest BCUT2D eigenvalue weighted by atomic mass is 127. The largest absolute Gasteiger partial charge is 0.237 e. The Morgan fingerprint density at radius 2 is 2.00 bits per heavy atom. The van der Waals surface area contributed by atoms with E-state index in [-0.39, 0.29) is 5.41 Å². The Bertz CT molecular complexity index is 548. The standard InChI is InChI=1S/C11H11ClIN3S/c1-11(2,3)10-15-7(5-17-10)9-14-4-6(13)8(12)16-9/h4-5H,1-3H3. The van der Waals surface area contributed by atoms with Crippen molar-refractivity contribution in [1.82, 2.24) is 15.0 Å². The molecule has 2 heterocycles. The smallest absolute Gasteiger partial charge is 0.180 e.